The van der Waals surface area contributed by atoms with Gasteiger partial charge < -0.3 is 11.5 Å². The third-order valence-corrected chi connectivity index (χ3v) is 2.38. The maximum Gasteiger partial charge on any atom is 0.322 e. The third kappa shape index (κ3) is 5.29. The fraction of sp³-hybridized carbons (Fsp3) is 0.300. The first-order valence-corrected chi connectivity index (χ1v) is 5.56. The van der Waals surface area contributed by atoms with Gasteiger partial charge in [0.15, 0.2) is 0 Å². The van der Waals surface area contributed by atoms with Crippen molar-refractivity contribution in [3.8, 4) is 0 Å². The molecule has 0 aliphatic rings. The van der Waals surface area contributed by atoms with Crippen molar-refractivity contribution < 1.29 is 4.79 Å². The number of primary amides is 1. The molecule has 0 saturated heterocycles. The zero-order chi connectivity index (χ0) is 11.7. The molecule has 1 rings (SSSR count). The predicted molar refractivity (Wildman–Crippen MR) is 64.3 cm³/mol. The zero-order valence-corrected chi connectivity index (χ0v) is 9.80. The molecule has 84 valence electrons. The van der Waals surface area contributed by atoms with E-state index < -0.39 is 6.03 Å². The van der Waals surface area contributed by atoms with Crippen LogP contribution in [-0.2, 0) is 6.54 Å². The fourth-order valence-corrected chi connectivity index (χ4v) is 1.52. The van der Waals surface area contributed by atoms with Crippen molar-refractivity contribution in [3.05, 3.63) is 29.8 Å². The summed E-state index contributed by atoms with van der Waals surface area (Å²) >= 11 is 1.18. The quantitative estimate of drug-likeness (QED) is 0.689. The molecule has 0 aliphatic carbocycles. The number of nitrogens with one attached hydrogen (secondary N) is 1. The van der Waals surface area contributed by atoms with Gasteiger partial charge in [-0.05, 0) is 23.6 Å². The highest BCUT2D eigenvalue weighted by atomic mass is 32.2. The van der Waals surface area contributed by atoms with Gasteiger partial charge in [0.05, 0.1) is 0 Å². The van der Waals surface area contributed by atoms with Gasteiger partial charge in [-0.3, -0.25) is 4.72 Å². The van der Waals surface area contributed by atoms with Gasteiger partial charge >= 0.3 is 6.03 Å². The molecular formula is C10H17N3OS. The molecule has 0 spiro atoms. The molecule has 0 fully saturated rings. The fourth-order valence-electron chi connectivity index (χ4n) is 0.877. The van der Waals surface area contributed by atoms with Crippen molar-refractivity contribution >= 4 is 18.0 Å². The summed E-state index contributed by atoms with van der Waals surface area (Å²) in [5, 5.41) is 0. The number of benzene rings is 1. The lowest BCUT2D eigenvalue weighted by molar-refractivity contribution is 0.254. The van der Waals surface area contributed by atoms with Crippen LogP contribution in [0.25, 0.3) is 0 Å². The molecule has 5 heteroatoms. The number of hydrogen-bond donors (Lipinski definition) is 3. The second kappa shape index (κ2) is 8.14. The maximum atomic E-state index is 10.4. The van der Waals surface area contributed by atoms with Crippen LogP contribution in [0.4, 0.5) is 4.79 Å². The van der Waals surface area contributed by atoms with Gasteiger partial charge in [0.2, 0.25) is 0 Å². The van der Waals surface area contributed by atoms with Crippen molar-refractivity contribution in [2.24, 2.45) is 11.5 Å². The first kappa shape index (κ1) is 13.8. The normalized spacial score (nSPS) is 8.73. The van der Waals surface area contributed by atoms with E-state index in [1.807, 2.05) is 38.1 Å². The van der Waals surface area contributed by atoms with Gasteiger partial charge in [0, 0.05) is 11.4 Å². The number of urea groups is 1. The average molecular weight is 227 g/mol. The first-order chi connectivity index (χ1) is 7.24. The van der Waals surface area contributed by atoms with Crippen molar-refractivity contribution in [1.29, 1.82) is 0 Å². The van der Waals surface area contributed by atoms with E-state index in [2.05, 4.69) is 4.72 Å². The molecule has 0 aliphatic heterocycles. The monoisotopic (exact) mass is 227 g/mol. The molecule has 0 bridgehead atoms. The van der Waals surface area contributed by atoms with Crippen LogP contribution in [0, 0.1) is 0 Å². The molecule has 1 aromatic carbocycles. The van der Waals surface area contributed by atoms with Gasteiger partial charge in [0.25, 0.3) is 0 Å². The molecular weight excluding hydrogens is 210 g/mol. The van der Waals surface area contributed by atoms with Crippen LogP contribution >= 0.6 is 11.9 Å². The van der Waals surface area contributed by atoms with E-state index in [1.165, 1.54) is 11.9 Å². The molecule has 1 aromatic rings. The van der Waals surface area contributed by atoms with Crippen LogP contribution < -0.4 is 16.2 Å². The Morgan fingerprint density at radius 1 is 1.40 bits per heavy atom. The Bertz CT molecular complexity index is 304. The lowest BCUT2D eigenvalue weighted by Gasteiger charge is -2.05. The topological polar surface area (TPSA) is 81.1 Å². The standard InChI is InChI=1S/C8H11N3OS.C2H6/c9-5-6-3-1-2-4-7(6)13-11-8(10)12;1-2/h1-4H,5,9H2,(H3,10,11,12);1-2H3. The second-order valence-electron chi connectivity index (χ2n) is 2.38. The predicted octanol–water partition coefficient (Wildman–Crippen LogP) is 1.85. The summed E-state index contributed by atoms with van der Waals surface area (Å²) in [5.41, 5.74) is 11.4. The Labute approximate surface area is 94.5 Å². The van der Waals surface area contributed by atoms with Crippen molar-refractivity contribution in [1.82, 2.24) is 4.72 Å². The number of amides is 2. The summed E-state index contributed by atoms with van der Waals surface area (Å²) in [4.78, 5) is 11.4. The number of carbonyl (C=O) groups excluding carboxylic acids is 1. The largest absolute Gasteiger partial charge is 0.351 e. The summed E-state index contributed by atoms with van der Waals surface area (Å²) < 4.78 is 2.44. The first-order valence-electron chi connectivity index (χ1n) is 4.74. The Kier molecular flexibility index (Phi) is 7.49. The Balaban J connectivity index is 0.000000921. The highest BCUT2D eigenvalue weighted by Gasteiger charge is 2.00. The molecule has 5 N–H and O–H groups in total. The lowest BCUT2D eigenvalue weighted by atomic mass is 10.2. The number of hydrogen-bond acceptors (Lipinski definition) is 3. The minimum Gasteiger partial charge on any atom is -0.351 e. The van der Waals surface area contributed by atoms with Crippen LogP contribution in [-0.4, -0.2) is 6.03 Å². The Morgan fingerprint density at radius 3 is 2.53 bits per heavy atom. The summed E-state index contributed by atoms with van der Waals surface area (Å²) in [6.45, 7) is 4.45. The van der Waals surface area contributed by atoms with Gasteiger partial charge in [-0.15, -0.1) is 0 Å². The minimum atomic E-state index is -0.558. The van der Waals surface area contributed by atoms with Gasteiger partial charge in [-0.2, -0.15) is 0 Å². The number of carbonyl (C=O) groups is 1. The molecule has 0 saturated carbocycles. The molecule has 0 radical (unpaired) electrons. The van der Waals surface area contributed by atoms with E-state index in [9.17, 15) is 4.79 Å². The smallest absolute Gasteiger partial charge is 0.322 e. The van der Waals surface area contributed by atoms with Crippen molar-refractivity contribution in [2.45, 2.75) is 25.3 Å². The van der Waals surface area contributed by atoms with Crippen molar-refractivity contribution in [3.63, 3.8) is 0 Å². The molecule has 0 aromatic heterocycles. The Morgan fingerprint density at radius 2 is 2.00 bits per heavy atom. The highest BCUT2D eigenvalue weighted by Crippen LogP contribution is 2.18. The highest BCUT2D eigenvalue weighted by molar-refractivity contribution is 7.98. The van der Waals surface area contributed by atoms with Gasteiger partial charge in [-0.25, -0.2) is 4.79 Å². The number of nitrogens with two attached hydrogens (primary N) is 2. The summed E-state index contributed by atoms with van der Waals surface area (Å²) in [6.07, 6.45) is 0. The summed E-state index contributed by atoms with van der Waals surface area (Å²) in [7, 11) is 0. The SMILES string of the molecule is CC.NCc1ccccc1SNC(N)=O. The molecule has 0 unspecified atom stereocenters. The molecule has 2 amide bonds. The van der Waals surface area contributed by atoms with Crippen molar-refractivity contribution in [2.75, 3.05) is 0 Å². The van der Waals surface area contributed by atoms with Crippen LogP contribution in [0.15, 0.2) is 29.2 Å². The lowest BCUT2D eigenvalue weighted by Crippen LogP contribution is -2.23. The van der Waals surface area contributed by atoms with E-state index in [0.29, 0.717) is 6.54 Å². The number of rotatable bonds is 3. The van der Waals surface area contributed by atoms with E-state index in [-0.39, 0.29) is 0 Å². The molecule has 4 nitrogen and oxygen atoms in total. The maximum absolute atomic E-state index is 10.4. The Hall–Kier alpha value is -1.20. The molecule has 0 atom stereocenters. The van der Waals surface area contributed by atoms with E-state index >= 15 is 0 Å². The van der Waals surface area contributed by atoms with E-state index in [0.717, 1.165) is 10.5 Å². The minimum absolute atomic E-state index is 0.448. The zero-order valence-electron chi connectivity index (χ0n) is 8.99. The van der Waals surface area contributed by atoms with Crippen LogP contribution in [0.2, 0.25) is 0 Å². The summed E-state index contributed by atoms with van der Waals surface area (Å²) in [5.74, 6) is 0. The van der Waals surface area contributed by atoms with Crippen LogP contribution in [0.3, 0.4) is 0 Å². The van der Waals surface area contributed by atoms with Gasteiger partial charge in [0.1, 0.15) is 0 Å². The van der Waals surface area contributed by atoms with E-state index in [4.69, 9.17) is 11.5 Å². The summed E-state index contributed by atoms with van der Waals surface area (Å²) in [6, 6.07) is 7.01. The third-order valence-electron chi connectivity index (χ3n) is 1.45. The van der Waals surface area contributed by atoms with E-state index in [1.54, 1.807) is 0 Å². The van der Waals surface area contributed by atoms with Crippen LogP contribution in [0.1, 0.15) is 19.4 Å². The second-order valence-corrected chi connectivity index (χ2v) is 3.23. The molecule has 0 heterocycles. The van der Waals surface area contributed by atoms with Gasteiger partial charge in [-0.1, -0.05) is 32.0 Å². The average Bonchev–Trinajstić information content (AvgIpc) is 2.29. The molecule has 15 heavy (non-hydrogen) atoms. The van der Waals surface area contributed by atoms with Crippen LogP contribution in [0.5, 0.6) is 0 Å².